The van der Waals surface area contributed by atoms with Crippen LogP contribution in [0.1, 0.15) is 5.56 Å². The molecule has 7 heteroatoms. The van der Waals surface area contributed by atoms with E-state index in [0.717, 1.165) is 4.52 Å². The SMILES string of the molecule is N#Cc1c(F)nn2cc(OC3(O)C=CC=CO3)ccc12. The van der Waals surface area contributed by atoms with E-state index in [1.54, 1.807) is 18.2 Å². The molecule has 1 atom stereocenters. The number of aliphatic hydroxyl groups is 1. The van der Waals surface area contributed by atoms with Crippen molar-refractivity contribution in [3.63, 3.8) is 0 Å². The maximum absolute atomic E-state index is 13.4. The highest BCUT2D eigenvalue weighted by molar-refractivity contribution is 5.61. The zero-order chi connectivity index (χ0) is 14.2. The molecule has 3 rings (SSSR count). The first kappa shape index (κ1) is 12.2. The predicted molar refractivity (Wildman–Crippen MR) is 64.8 cm³/mol. The third-order valence-electron chi connectivity index (χ3n) is 2.67. The summed E-state index contributed by atoms with van der Waals surface area (Å²) in [5, 5.41) is 22.3. The smallest absolute Gasteiger partial charge is 0.391 e. The lowest BCUT2D eigenvalue weighted by molar-refractivity contribution is -0.258. The Morgan fingerprint density at radius 1 is 1.45 bits per heavy atom. The van der Waals surface area contributed by atoms with Crippen molar-refractivity contribution in [3.05, 3.63) is 54.3 Å². The number of ether oxygens (including phenoxy) is 2. The average Bonchev–Trinajstić information content (AvgIpc) is 2.73. The largest absolute Gasteiger partial charge is 0.435 e. The number of aromatic nitrogens is 2. The molecular weight excluding hydrogens is 265 g/mol. The Balaban J connectivity index is 1.96. The fourth-order valence-electron chi connectivity index (χ4n) is 1.79. The molecule has 0 saturated carbocycles. The Bertz CT molecular complexity index is 775. The second-order valence-corrected chi connectivity index (χ2v) is 4.01. The van der Waals surface area contributed by atoms with Crippen molar-refractivity contribution >= 4 is 5.52 Å². The molecule has 20 heavy (non-hydrogen) atoms. The molecule has 0 aromatic carbocycles. The van der Waals surface area contributed by atoms with Crippen molar-refractivity contribution in [2.75, 3.05) is 0 Å². The van der Waals surface area contributed by atoms with Gasteiger partial charge in [-0.25, -0.2) is 4.52 Å². The Morgan fingerprint density at radius 2 is 2.30 bits per heavy atom. The number of nitrogens with zero attached hydrogens (tertiary/aromatic N) is 3. The maximum Gasteiger partial charge on any atom is 0.391 e. The number of hydrogen-bond acceptors (Lipinski definition) is 5. The standard InChI is InChI=1S/C13H8FN3O3/c14-12-10(7-15)11-4-3-9(8-17(11)16-12)20-13(18)5-1-2-6-19-13/h1-6,8,18H. The molecule has 2 aromatic heterocycles. The van der Waals surface area contributed by atoms with Gasteiger partial charge in [-0.2, -0.15) is 9.65 Å². The van der Waals surface area contributed by atoms with Gasteiger partial charge in [0.25, 0.3) is 5.95 Å². The number of rotatable bonds is 2. The van der Waals surface area contributed by atoms with Crippen LogP contribution in [0.2, 0.25) is 0 Å². The van der Waals surface area contributed by atoms with Gasteiger partial charge in [-0.15, -0.1) is 5.10 Å². The van der Waals surface area contributed by atoms with Crippen molar-refractivity contribution in [1.82, 2.24) is 9.61 Å². The second-order valence-electron chi connectivity index (χ2n) is 4.01. The monoisotopic (exact) mass is 273 g/mol. The zero-order valence-electron chi connectivity index (χ0n) is 10.0. The van der Waals surface area contributed by atoms with Crippen LogP contribution in [0.5, 0.6) is 5.75 Å². The fraction of sp³-hybridized carbons (Fsp3) is 0.0769. The summed E-state index contributed by atoms with van der Waals surface area (Å²) in [5.41, 5.74) is 0.163. The minimum atomic E-state index is -1.92. The van der Waals surface area contributed by atoms with E-state index in [1.165, 1.54) is 30.7 Å². The third-order valence-corrected chi connectivity index (χ3v) is 2.67. The number of hydrogen-bond donors (Lipinski definition) is 1. The molecule has 0 bridgehead atoms. The number of fused-ring (bicyclic) bond motifs is 1. The van der Waals surface area contributed by atoms with Crippen molar-refractivity contribution in [3.8, 4) is 11.8 Å². The Hall–Kier alpha value is -2.85. The lowest BCUT2D eigenvalue weighted by Crippen LogP contribution is -2.36. The van der Waals surface area contributed by atoms with Crippen LogP contribution in [-0.4, -0.2) is 20.7 Å². The van der Waals surface area contributed by atoms with Gasteiger partial charge in [-0.3, -0.25) is 0 Å². The van der Waals surface area contributed by atoms with Gasteiger partial charge in [-0.1, -0.05) is 6.08 Å². The van der Waals surface area contributed by atoms with Crippen LogP contribution < -0.4 is 4.74 Å². The minimum Gasteiger partial charge on any atom is -0.435 e. The van der Waals surface area contributed by atoms with Crippen LogP contribution in [0.3, 0.4) is 0 Å². The van der Waals surface area contributed by atoms with Gasteiger partial charge in [0.2, 0.25) is 0 Å². The highest BCUT2D eigenvalue weighted by Crippen LogP contribution is 2.23. The summed E-state index contributed by atoms with van der Waals surface area (Å²) < 4.78 is 24.7. The topological polar surface area (TPSA) is 79.8 Å². The summed E-state index contributed by atoms with van der Waals surface area (Å²) in [6, 6.07) is 4.68. The summed E-state index contributed by atoms with van der Waals surface area (Å²) in [6.45, 7) is 0. The molecule has 0 fully saturated rings. The minimum absolute atomic E-state index is 0.146. The molecule has 0 spiro atoms. The van der Waals surface area contributed by atoms with Gasteiger partial charge in [-0.05, 0) is 18.2 Å². The molecule has 2 aromatic rings. The van der Waals surface area contributed by atoms with E-state index in [1.807, 2.05) is 0 Å². The summed E-state index contributed by atoms with van der Waals surface area (Å²) in [5.74, 6) is -2.58. The normalized spacial score (nSPS) is 20.6. The Kier molecular flexibility index (Phi) is 2.66. The quantitative estimate of drug-likeness (QED) is 0.838. The van der Waals surface area contributed by atoms with E-state index >= 15 is 0 Å². The third kappa shape index (κ3) is 1.98. The molecule has 1 N–H and O–H groups in total. The van der Waals surface area contributed by atoms with Crippen LogP contribution >= 0.6 is 0 Å². The van der Waals surface area contributed by atoms with Crippen LogP contribution in [-0.2, 0) is 4.74 Å². The number of halogens is 1. The first-order chi connectivity index (χ1) is 9.61. The summed E-state index contributed by atoms with van der Waals surface area (Å²) in [7, 11) is 0. The second kappa shape index (κ2) is 4.36. The summed E-state index contributed by atoms with van der Waals surface area (Å²) in [6.07, 6.45) is 7.07. The molecule has 0 aliphatic carbocycles. The first-order valence-corrected chi connectivity index (χ1v) is 5.63. The van der Waals surface area contributed by atoms with E-state index in [-0.39, 0.29) is 11.3 Å². The van der Waals surface area contributed by atoms with Crippen LogP contribution in [0.15, 0.2) is 42.8 Å². The van der Waals surface area contributed by atoms with E-state index in [4.69, 9.17) is 14.7 Å². The van der Waals surface area contributed by atoms with Crippen molar-refractivity contribution in [2.45, 2.75) is 5.97 Å². The van der Waals surface area contributed by atoms with Crippen LogP contribution in [0.25, 0.3) is 5.52 Å². The van der Waals surface area contributed by atoms with Crippen LogP contribution in [0.4, 0.5) is 4.39 Å². The van der Waals surface area contributed by atoms with Crippen molar-refractivity contribution in [1.29, 1.82) is 5.26 Å². The Labute approximate surface area is 112 Å². The molecule has 0 amide bonds. The zero-order valence-corrected chi connectivity index (χ0v) is 10.0. The first-order valence-electron chi connectivity index (χ1n) is 5.63. The van der Waals surface area contributed by atoms with Gasteiger partial charge in [0.1, 0.15) is 17.4 Å². The Morgan fingerprint density at radius 3 is 3.00 bits per heavy atom. The van der Waals surface area contributed by atoms with Gasteiger partial charge >= 0.3 is 5.97 Å². The number of pyridine rings is 1. The molecule has 0 radical (unpaired) electrons. The van der Waals surface area contributed by atoms with E-state index < -0.39 is 11.9 Å². The summed E-state index contributed by atoms with van der Waals surface area (Å²) in [4.78, 5) is 0. The highest BCUT2D eigenvalue weighted by atomic mass is 19.1. The summed E-state index contributed by atoms with van der Waals surface area (Å²) >= 11 is 0. The maximum atomic E-state index is 13.4. The molecule has 1 aliphatic heterocycles. The lowest BCUT2D eigenvalue weighted by Gasteiger charge is -2.25. The average molecular weight is 273 g/mol. The van der Waals surface area contributed by atoms with E-state index in [0.29, 0.717) is 5.52 Å². The fourth-order valence-corrected chi connectivity index (χ4v) is 1.79. The lowest BCUT2D eigenvalue weighted by atomic mass is 10.3. The molecule has 1 unspecified atom stereocenters. The van der Waals surface area contributed by atoms with Crippen molar-refractivity contribution in [2.24, 2.45) is 0 Å². The van der Waals surface area contributed by atoms with Crippen LogP contribution in [0, 0.1) is 17.3 Å². The molecular formula is C13H8FN3O3. The van der Waals surface area contributed by atoms with Gasteiger partial charge in [0, 0.05) is 6.08 Å². The molecule has 100 valence electrons. The molecule has 6 nitrogen and oxygen atoms in total. The molecule has 3 heterocycles. The predicted octanol–water partition coefficient (Wildman–Crippen LogP) is 1.47. The van der Waals surface area contributed by atoms with E-state index in [2.05, 4.69) is 5.10 Å². The number of nitriles is 1. The number of allylic oxidation sites excluding steroid dienone is 2. The highest BCUT2D eigenvalue weighted by Gasteiger charge is 2.28. The van der Waals surface area contributed by atoms with Gasteiger partial charge < -0.3 is 14.6 Å². The molecule has 1 aliphatic rings. The van der Waals surface area contributed by atoms with E-state index in [9.17, 15) is 9.50 Å². The van der Waals surface area contributed by atoms with Gasteiger partial charge in [0.15, 0.2) is 0 Å². The molecule has 0 saturated heterocycles. The van der Waals surface area contributed by atoms with Crippen molar-refractivity contribution < 1.29 is 19.0 Å². The van der Waals surface area contributed by atoms with Gasteiger partial charge in [0.05, 0.1) is 18.0 Å².